The first-order valence-electron chi connectivity index (χ1n) is 6.61. The maximum absolute atomic E-state index is 12.5. The zero-order chi connectivity index (χ0) is 13.7. The lowest BCUT2D eigenvalue weighted by atomic mass is 9.97. The molecule has 1 N–H and O–H groups in total. The summed E-state index contributed by atoms with van der Waals surface area (Å²) < 4.78 is 0. The zero-order valence-electron chi connectivity index (χ0n) is 11.4. The minimum absolute atomic E-state index is 0.0417. The molecule has 100 valence electrons. The summed E-state index contributed by atoms with van der Waals surface area (Å²) in [6.45, 7) is 6.36. The van der Waals surface area contributed by atoms with Crippen molar-refractivity contribution < 1.29 is 9.59 Å². The minimum Gasteiger partial charge on any atom is -0.344 e. The van der Waals surface area contributed by atoms with Crippen molar-refractivity contribution in [1.29, 1.82) is 0 Å². The molecule has 0 aliphatic carbocycles. The molecule has 0 aromatic rings. The summed E-state index contributed by atoms with van der Waals surface area (Å²) in [7, 11) is 0. The van der Waals surface area contributed by atoms with Crippen molar-refractivity contribution in [3.05, 3.63) is 0 Å². The lowest BCUT2D eigenvalue weighted by Crippen LogP contribution is -2.50. The molecule has 0 saturated carbocycles. The van der Waals surface area contributed by atoms with E-state index in [1.54, 1.807) is 4.90 Å². The molecule has 1 rings (SSSR count). The van der Waals surface area contributed by atoms with Crippen molar-refractivity contribution >= 4 is 11.8 Å². The molecule has 2 amide bonds. The summed E-state index contributed by atoms with van der Waals surface area (Å²) >= 11 is 0. The van der Waals surface area contributed by atoms with Gasteiger partial charge in [-0.2, -0.15) is 0 Å². The number of hydrogen-bond acceptors (Lipinski definition) is 2. The van der Waals surface area contributed by atoms with Crippen molar-refractivity contribution in [3.8, 4) is 12.3 Å². The third-order valence-electron chi connectivity index (χ3n) is 3.61. The van der Waals surface area contributed by atoms with Crippen molar-refractivity contribution in [3.63, 3.8) is 0 Å². The monoisotopic (exact) mass is 250 g/mol. The van der Waals surface area contributed by atoms with Gasteiger partial charge in [0, 0.05) is 13.0 Å². The number of amides is 2. The van der Waals surface area contributed by atoms with E-state index in [4.69, 9.17) is 6.42 Å². The van der Waals surface area contributed by atoms with Crippen LogP contribution in [0.15, 0.2) is 0 Å². The molecule has 1 aliphatic rings. The Bertz CT molecular complexity index is 359. The molecule has 0 aromatic carbocycles. The lowest BCUT2D eigenvalue weighted by Gasteiger charge is -2.30. The molecule has 0 spiro atoms. The Morgan fingerprint density at radius 1 is 1.44 bits per heavy atom. The van der Waals surface area contributed by atoms with Crippen LogP contribution in [0, 0.1) is 18.3 Å². The van der Waals surface area contributed by atoms with E-state index < -0.39 is 6.04 Å². The molecular formula is C14H22N2O2. The molecule has 4 heteroatoms. The fourth-order valence-electron chi connectivity index (χ4n) is 2.18. The maximum Gasteiger partial charge on any atom is 0.246 e. The van der Waals surface area contributed by atoms with Crippen molar-refractivity contribution in [2.24, 2.45) is 5.92 Å². The third-order valence-corrected chi connectivity index (χ3v) is 3.61. The van der Waals surface area contributed by atoms with Gasteiger partial charge in [-0.05, 0) is 12.3 Å². The molecule has 0 radical (unpaired) electrons. The first-order valence-corrected chi connectivity index (χ1v) is 6.61. The maximum atomic E-state index is 12.5. The Labute approximate surface area is 109 Å². The number of rotatable bonds is 4. The van der Waals surface area contributed by atoms with Gasteiger partial charge in [0.15, 0.2) is 0 Å². The molecule has 1 fully saturated rings. The van der Waals surface area contributed by atoms with E-state index >= 15 is 0 Å². The van der Waals surface area contributed by atoms with E-state index in [2.05, 4.69) is 11.2 Å². The molecule has 1 saturated heterocycles. The van der Waals surface area contributed by atoms with Crippen molar-refractivity contribution in [2.45, 2.75) is 52.1 Å². The van der Waals surface area contributed by atoms with E-state index in [-0.39, 0.29) is 23.8 Å². The summed E-state index contributed by atoms with van der Waals surface area (Å²) in [6.07, 6.45) is 7.35. The Balaban J connectivity index is 2.96. The van der Waals surface area contributed by atoms with E-state index in [0.29, 0.717) is 19.4 Å². The summed E-state index contributed by atoms with van der Waals surface area (Å²) in [4.78, 5) is 25.8. The van der Waals surface area contributed by atoms with Crippen LogP contribution in [-0.4, -0.2) is 35.3 Å². The highest BCUT2D eigenvalue weighted by molar-refractivity contribution is 5.90. The summed E-state index contributed by atoms with van der Waals surface area (Å²) in [5, 5.41) is 2.81. The van der Waals surface area contributed by atoms with E-state index in [0.717, 1.165) is 6.42 Å². The fourth-order valence-corrected chi connectivity index (χ4v) is 2.18. The second-order valence-corrected chi connectivity index (χ2v) is 4.80. The van der Waals surface area contributed by atoms with Gasteiger partial charge in [-0.15, -0.1) is 6.42 Å². The van der Waals surface area contributed by atoms with E-state index in [1.807, 2.05) is 20.8 Å². The van der Waals surface area contributed by atoms with E-state index in [1.165, 1.54) is 0 Å². The quantitative estimate of drug-likeness (QED) is 0.761. The highest BCUT2D eigenvalue weighted by atomic mass is 16.2. The highest BCUT2D eigenvalue weighted by Crippen LogP contribution is 2.17. The predicted octanol–water partition coefficient (Wildman–Crippen LogP) is 1.16. The normalized spacial score (nSPS) is 23.9. The van der Waals surface area contributed by atoms with Gasteiger partial charge in [0.25, 0.3) is 0 Å². The van der Waals surface area contributed by atoms with Crippen LogP contribution in [0.3, 0.4) is 0 Å². The molecule has 3 unspecified atom stereocenters. The SMILES string of the molecule is C#CC(CC)N1CCC(=O)NC(C(C)CC)C1=O. The average Bonchev–Trinajstić information content (AvgIpc) is 2.52. The number of carbonyl (C=O) groups excluding carboxylic acids is 2. The van der Waals surface area contributed by atoms with Gasteiger partial charge in [0.05, 0.1) is 6.04 Å². The fraction of sp³-hybridized carbons (Fsp3) is 0.714. The first-order chi connectivity index (χ1) is 8.54. The molecule has 3 atom stereocenters. The van der Waals surface area contributed by atoms with Gasteiger partial charge in [-0.1, -0.05) is 33.1 Å². The van der Waals surface area contributed by atoms with Crippen LogP contribution in [0.1, 0.15) is 40.0 Å². The largest absolute Gasteiger partial charge is 0.344 e. The van der Waals surface area contributed by atoms with Crippen LogP contribution in [-0.2, 0) is 9.59 Å². The van der Waals surface area contributed by atoms with Crippen LogP contribution in [0.25, 0.3) is 0 Å². The highest BCUT2D eigenvalue weighted by Gasteiger charge is 2.35. The van der Waals surface area contributed by atoms with Gasteiger partial charge in [0.1, 0.15) is 6.04 Å². The Morgan fingerprint density at radius 2 is 2.11 bits per heavy atom. The zero-order valence-corrected chi connectivity index (χ0v) is 11.4. The molecule has 18 heavy (non-hydrogen) atoms. The molecule has 1 heterocycles. The molecule has 0 bridgehead atoms. The minimum atomic E-state index is -0.438. The molecule has 0 aromatic heterocycles. The van der Waals surface area contributed by atoms with Crippen LogP contribution < -0.4 is 5.32 Å². The second kappa shape index (κ2) is 6.44. The number of nitrogens with zero attached hydrogens (tertiary/aromatic N) is 1. The standard InChI is InChI=1S/C14H22N2O2/c1-5-10(4)13-14(18)16(11(6-2)7-3)9-8-12(17)15-13/h2,10-11,13H,5,7-9H2,1,3-4H3,(H,15,17). The summed E-state index contributed by atoms with van der Waals surface area (Å²) in [5.41, 5.74) is 0. The van der Waals surface area contributed by atoms with Crippen LogP contribution in [0.2, 0.25) is 0 Å². The number of terminal acetylenes is 1. The number of carbonyl (C=O) groups is 2. The smallest absolute Gasteiger partial charge is 0.246 e. The molecule has 4 nitrogen and oxygen atoms in total. The predicted molar refractivity (Wildman–Crippen MR) is 70.6 cm³/mol. The lowest BCUT2D eigenvalue weighted by molar-refractivity contribution is -0.136. The first kappa shape index (κ1) is 14.6. The van der Waals surface area contributed by atoms with Crippen LogP contribution >= 0.6 is 0 Å². The van der Waals surface area contributed by atoms with Crippen LogP contribution in [0.4, 0.5) is 0 Å². The van der Waals surface area contributed by atoms with Crippen LogP contribution in [0.5, 0.6) is 0 Å². The molecular weight excluding hydrogens is 228 g/mol. The second-order valence-electron chi connectivity index (χ2n) is 4.80. The third kappa shape index (κ3) is 3.04. The van der Waals surface area contributed by atoms with Crippen molar-refractivity contribution in [1.82, 2.24) is 10.2 Å². The number of nitrogens with one attached hydrogen (secondary N) is 1. The van der Waals surface area contributed by atoms with Crippen molar-refractivity contribution in [2.75, 3.05) is 6.54 Å². The molecule has 1 aliphatic heterocycles. The Kier molecular flexibility index (Phi) is 5.21. The summed E-state index contributed by atoms with van der Waals surface area (Å²) in [6, 6.07) is -0.649. The Morgan fingerprint density at radius 3 is 2.61 bits per heavy atom. The van der Waals surface area contributed by atoms with E-state index in [9.17, 15) is 9.59 Å². The van der Waals surface area contributed by atoms with Gasteiger partial charge in [-0.25, -0.2) is 0 Å². The average molecular weight is 250 g/mol. The van der Waals surface area contributed by atoms with Gasteiger partial charge in [-0.3, -0.25) is 9.59 Å². The summed E-state index contributed by atoms with van der Waals surface area (Å²) in [5.74, 6) is 2.65. The van der Waals surface area contributed by atoms with Gasteiger partial charge in [0.2, 0.25) is 11.8 Å². The van der Waals surface area contributed by atoms with Gasteiger partial charge < -0.3 is 10.2 Å². The van der Waals surface area contributed by atoms with Gasteiger partial charge >= 0.3 is 0 Å². The Hall–Kier alpha value is -1.50. The topological polar surface area (TPSA) is 49.4 Å². The number of hydrogen-bond donors (Lipinski definition) is 1.